The highest BCUT2D eigenvalue weighted by Gasteiger charge is 2.31. The normalized spacial score (nSPS) is 11.9. The molecule has 210 valence electrons. The third kappa shape index (κ3) is 4.59. The quantitative estimate of drug-likeness (QED) is 0.197. The Balaban J connectivity index is 1.60. The van der Waals surface area contributed by atoms with Crippen molar-refractivity contribution >= 4 is 32.9 Å². The summed E-state index contributed by atoms with van der Waals surface area (Å²) in [5.74, 6) is 0.380. The van der Waals surface area contributed by atoms with Crippen molar-refractivity contribution in [1.82, 2.24) is 0 Å². The molecular weight excluding hydrogens is 553 g/mol. The lowest BCUT2D eigenvalue weighted by Gasteiger charge is -2.17. The summed E-state index contributed by atoms with van der Waals surface area (Å²) in [6.45, 7) is 0. The number of hydrogen-bond acceptors (Lipinski definition) is 4. The van der Waals surface area contributed by atoms with Crippen molar-refractivity contribution < 1.29 is 22.0 Å². The summed E-state index contributed by atoms with van der Waals surface area (Å²) in [5.41, 5.74) is 1.70. The minimum absolute atomic E-state index is 0.166. The molecule has 43 heavy (non-hydrogen) atoms. The Morgan fingerprint density at radius 3 is 1.84 bits per heavy atom. The maximum absolute atomic E-state index is 14.2. The second kappa shape index (κ2) is 10.1. The van der Waals surface area contributed by atoms with Crippen LogP contribution < -0.4 is 10.9 Å². The number of halogens is 3. The molecular formula is C36H21F3O4. The number of alkyl halides is 3. The molecule has 4 nitrogen and oxygen atoms in total. The van der Waals surface area contributed by atoms with Crippen molar-refractivity contribution in [1.29, 1.82) is 0 Å². The first-order valence-electron chi connectivity index (χ1n) is 13.5. The van der Waals surface area contributed by atoms with E-state index in [0.29, 0.717) is 44.4 Å². The summed E-state index contributed by atoms with van der Waals surface area (Å²) < 4.78 is 53.1. The van der Waals surface area contributed by atoms with Gasteiger partial charge in [0.2, 0.25) is 10.9 Å². The highest BCUT2D eigenvalue weighted by molar-refractivity contribution is 6.04. The van der Waals surface area contributed by atoms with Gasteiger partial charge in [-0.05, 0) is 53.6 Å². The summed E-state index contributed by atoms with van der Waals surface area (Å²) in [4.78, 5) is 27.8. The van der Waals surface area contributed by atoms with E-state index in [1.54, 1.807) is 60.7 Å². The molecule has 0 fully saturated rings. The van der Waals surface area contributed by atoms with Gasteiger partial charge in [0.25, 0.3) is 0 Å². The summed E-state index contributed by atoms with van der Waals surface area (Å²) in [6.07, 6.45) is -4.26. The molecule has 0 radical (unpaired) electrons. The molecule has 0 atom stereocenters. The fourth-order valence-electron chi connectivity index (χ4n) is 5.55. The van der Waals surface area contributed by atoms with Gasteiger partial charge in [-0.15, -0.1) is 0 Å². The van der Waals surface area contributed by atoms with Crippen LogP contribution in [0, 0.1) is 0 Å². The van der Waals surface area contributed by atoms with Crippen LogP contribution in [-0.4, -0.2) is 0 Å². The van der Waals surface area contributed by atoms with E-state index in [1.807, 2.05) is 30.3 Å². The minimum Gasteiger partial charge on any atom is -0.460 e. The first-order chi connectivity index (χ1) is 20.8. The summed E-state index contributed by atoms with van der Waals surface area (Å²) in [5, 5.41) is 0.969. The minimum atomic E-state index is -4.54. The van der Waals surface area contributed by atoms with Crippen LogP contribution in [0.1, 0.15) is 16.9 Å². The van der Waals surface area contributed by atoms with Gasteiger partial charge in [0, 0.05) is 17.5 Å². The maximum Gasteiger partial charge on any atom is 0.416 e. The van der Waals surface area contributed by atoms with Gasteiger partial charge < -0.3 is 8.83 Å². The van der Waals surface area contributed by atoms with Gasteiger partial charge in [-0.1, -0.05) is 72.8 Å². The van der Waals surface area contributed by atoms with Crippen LogP contribution >= 0.6 is 0 Å². The molecule has 0 N–H and O–H groups in total. The van der Waals surface area contributed by atoms with Gasteiger partial charge in [-0.25, -0.2) is 0 Å². The average Bonchev–Trinajstić information content (AvgIpc) is 3.01. The standard InChI is InChI=1S/C36H21F3O4/c37-36(38,39)23-16-14-22(15-17-23)31-26(18-19-27-33(40)24-10-4-7-13-29(24)43-35(27)31)32-30(20-21-8-2-1-3-9-21)42-28-12-6-5-11-25(28)34(32)41/h1-19H,20H2. The number of hydrogen-bond donors (Lipinski definition) is 0. The molecule has 0 aliphatic carbocycles. The molecule has 0 saturated carbocycles. The Bertz CT molecular complexity index is 2280. The zero-order valence-electron chi connectivity index (χ0n) is 22.4. The zero-order chi connectivity index (χ0) is 29.7. The van der Waals surface area contributed by atoms with Gasteiger partial charge >= 0.3 is 6.18 Å². The predicted molar refractivity (Wildman–Crippen MR) is 161 cm³/mol. The smallest absolute Gasteiger partial charge is 0.416 e. The fraction of sp³-hybridized carbons (Fsp3) is 0.0556. The van der Waals surface area contributed by atoms with Crippen LogP contribution in [-0.2, 0) is 12.6 Å². The van der Waals surface area contributed by atoms with Crippen molar-refractivity contribution in [3.05, 3.63) is 153 Å². The van der Waals surface area contributed by atoms with E-state index < -0.39 is 11.7 Å². The van der Waals surface area contributed by atoms with E-state index in [0.717, 1.165) is 17.7 Å². The van der Waals surface area contributed by atoms with Crippen LogP contribution in [0.25, 0.3) is 55.2 Å². The van der Waals surface area contributed by atoms with Crippen molar-refractivity contribution in [3.63, 3.8) is 0 Å². The number of para-hydroxylation sites is 2. The van der Waals surface area contributed by atoms with Gasteiger partial charge in [0.1, 0.15) is 22.5 Å². The number of benzene rings is 5. The van der Waals surface area contributed by atoms with Gasteiger partial charge in [0.15, 0.2) is 0 Å². The van der Waals surface area contributed by atoms with E-state index in [2.05, 4.69) is 0 Å². The SMILES string of the molecule is O=c1c(-c2ccc3c(=O)c4ccccc4oc3c2-c2ccc(C(F)(F)F)cc2)c(Cc2ccccc2)oc2ccccc12. The monoisotopic (exact) mass is 574 g/mol. The molecule has 2 aromatic heterocycles. The van der Waals surface area contributed by atoms with Crippen LogP contribution in [0.4, 0.5) is 13.2 Å². The second-order valence-corrected chi connectivity index (χ2v) is 10.3. The summed E-state index contributed by atoms with van der Waals surface area (Å²) in [7, 11) is 0. The molecule has 5 aromatic carbocycles. The highest BCUT2D eigenvalue weighted by Crippen LogP contribution is 2.41. The van der Waals surface area contributed by atoms with Gasteiger partial charge in [-0.2, -0.15) is 13.2 Å². The summed E-state index contributed by atoms with van der Waals surface area (Å²) in [6, 6.07) is 31.0. The Morgan fingerprint density at radius 2 is 1.16 bits per heavy atom. The third-order valence-electron chi connectivity index (χ3n) is 7.59. The lowest BCUT2D eigenvalue weighted by Crippen LogP contribution is -2.11. The molecule has 7 aromatic rings. The van der Waals surface area contributed by atoms with Crippen molar-refractivity contribution in [3.8, 4) is 22.3 Å². The Kier molecular flexibility index (Phi) is 6.24. The molecule has 0 amide bonds. The molecule has 0 saturated heterocycles. The van der Waals surface area contributed by atoms with Crippen molar-refractivity contribution in [2.75, 3.05) is 0 Å². The Hall–Kier alpha value is -5.43. The highest BCUT2D eigenvalue weighted by atomic mass is 19.4. The molecule has 0 unspecified atom stereocenters. The van der Waals surface area contributed by atoms with E-state index in [4.69, 9.17) is 8.83 Å². The Morgan fingerprint density at radius 1 is 0.558 bits per heavy atom. The molecule has 0 aliphatic heterocycles. The first-order valence-corrected chi connectivity index (χ1v) is 13.5. The first kappa shape index (κ1) is 26.5. The molecule has 0 bridgehead atoms. The van der Waals surface area contributed by atoms with E-state index in [9.17, 15) is 22.8 Å². The van der Waals surface area contributed by atoms with Crippen LogP contribution in [0.3, 0.4) is 0 Å². The number of rotatable bonds is 4. The van der Waals surface area contributed by atoms with Crippen LogP contribution in [0.15, 0.2) is 134 Å². The molecule has 2 heterocycles. The van der Waals surface area contributed by atoms with E-state index >= 15 is 0 Å². The average molecular weight is 575 g/mol. The maximum atomic E-state index is 14.2. The fourth-order valence-corrected chi connectivity index (χ4v) is 5.55. The van der Waals surface area contributed by atoms with Crippen molar-refractivity contribution in [2.24, 2.45) is 0 Å². The second-order valence-electron chi connectivity index (χ2n) is 10.3. The Labute approximate surface area is 242 Å². The van der Waals surface area contributed by atoms with Gasteiger partial charge in [0.05, 0.1) is 27.3 Å². The third-order valence-corrected chi connectivity index (χ3v) is 7.59. The van der Waals surface area contributed by atoms with Crippen molar-refractivity contribution in [2.45, 2.75) is 12.6 Å². The molecule has 7 heteroatoms. The van der Waals surface area contributed by atoms with Crippen LogP contribution in [0.5, 0.6) is 0 Å². The van der Waals surface area contributed by atoms with Crippen LogP contribution in [0.2, 0.25) is 0 Å². The molecule has 7 rings (SSSR count). The lowest BCUT2D eigenvalue weighted by molar-refractivity contribution is -0.137. The van der Waals surface area contributed by atoms with E-state index in [1.165, 1.54) is 12.1 Å². The topological polar surface area (TPSA) is 60.4 Å². The zero-order valence-corrected chi connectivity index (χ0v) is 22.4. The lowest BCUT2D eigenvalue weighted by atomic mass is 9.89. The largest absolute Gasteiger partial charge is 0.460 e. The van der Waals surface area contributed by atoms with E-state index in [-0.39, 0.29) is 33.8 Å². The summed E-state index contributed by atoms with van der Waals surface area (Å²) >= 11 is 0. The number of fused-ring (bicyclic) bond motifs is 3. The molecule has 0 aliphatic rings. The predicted octanol–water partition coefficient (Wildman–Crippen LogP) is 9.00. The van der Waals surface area contributed by atoms with Gasteiger partial charge in [-0.3, -0.25) is 9.59 Å². The molecule has 0 spiro atoms.